The second kappa shape index (κ2) is 8.54. The van der Waals surface area contributed by atoms with Gasteiger partial charge in [0.05, 0.1) is 5.69 Å². The van der Waals surface area contributed by atoms with Gasteiger partial charge in [-0.1, -0.05) is 13.8 Å². The van der Waals surface area contributed by atoms with Crippen LogP contribution in [0.5, 0.6) is 0 Å². The van der Waals surface area contributed by atoms with Gasteiger partial charge in [-0.25, -0.2) is 13.9 Å². The molecular weight excluding hydrogens is 361 g/mol. The van der Waals surface area contributed by atoms with Crippen molar-refractivity contribution in [1.29, 1.82) is 0 Å². The fraction of sp³-hybridized carbons (Fsp3) is 0.476. The Labute approximate surface area is 164 Å². The fourth-order valence-electron chi connectivity index (χ4n) is 3.28. The predicted octanol–water partition coefficient (Wildman–Crippen LogP) is 3.21. The minimum Gasteiger partial charge on any atom is -0.448 e. The molecule has 0 bridgehead atoms. The van der Waals surface area contributed by atoms with Crippen LogP contribution in [0.2, 0.25) is 0 Å². The second-order valence-electron chi connectivity index (χ2n) is 7.56. The van der Waals surface area contributed by atoms with Gasteiger partial charge in [-0.05, 0) is 62.8 Å². The maximum Gasteiger partial charge on any atom is 0.359 e. The first-order valence-corrected chi connectivity index (χ1v) is 9.72. The molecule has 1 unspecified atom stereocenters. The predicted molar refractivity (Wildman–Crippen MR) is 103 cm³/mol. The third-order valence-electron chi connectivity index (χ3n) is 4.78. The number of esters is 1. The lowest BCUT2D eigenvalue weighted by Gasteiger charge is -2.15. The van der Waals surface area contributed by atoms with Gasteiger partial charge in [-0.2, -0.15) is 5.10 Å². The van der Waals surface area contributed by atoms with Gasteiger partial charge in [-0.3, -0.25) is 4.79 Å². The Bertz CT molecular complexity index is 859. The normalized spacial score (nSPS) is 14.5. The van der Waals surface area contributed by atoms with E-state index in [1.54, 1.807) is 23.7 Å². The molecule has 1 aromatic carbocycles. The number of halogens is 1. The molecule has 7 heteroatoms. The lowest BCUT2D eigenvalue weighted by Crippen LogP contribution is -2.37. The van der Waals surface area contributed by atoms with E-state index >= 15 is 0 Å². The van der Waals surface area contributed by atoms with Crippen LogP contribution < -0.4 is 5.32 Å². The zero-order chi connectivity index (χ0) is 20.3. The highest BCUT2D eigenvalue weighted by Gasteiger charge is 2.28. The highest BCUT2D eigenvalue weighted by molar-refractivity contribution is 5.92. The van der Waals surface area contributed by atoms with E-state index in [4.69, 9.17) is 4.74 Å². The van der Waals surface area contributed by atoms with Crippen LogP contribution in [0.4, 0.5) is 4.39 Å². The van der Waals surface area contributed by atoms with Crippen LogP contribution in [0.15, 0.2) is 24.3 Å². The van der Waals surface area contributed by atoms with Gasteiger partial charge in [0.2, 0.25) is 0 Å². The highest BCUT2D eigenvalue weighted by atomic mass is 19.1. The number of carbonyl (C=O) groups is 2. The van der Waals surface area contributed by atoms with Crippen LogP contribution in [-0.2, 0) is 22.4 Å². The van der Waals surface area contributed by atoms with Crippen LogP contribution in [-0.4, -0.2) is 34.3 Å². The Kier molecular flexibility index (Phi) is 6.11. The number of ether oxygens (including phenoxy) is 1. The van der Waals surface area contributed by atoms with Gasteiger partial charge in [0.15, 0.2) is 11.8 Å². The molecule has 150 valence electrons. The Morgan fingerprint density at radius 1 is 1.18 bits per heavy atom. The molecule has 6 nitrogen and oxygen atoms in total. The fourth-order valence-corrected chi connectivity index (χ4v) is 3.28. The number of fused-ring (bicyclic) bond motifs is 1. The van der Waals surface area contributed by atoms with E-state index in [1.807, 2.05) is 13.8 Å². The van der Waals surface area contributed by atoms with E-state index in [-0.39, 0.29) is 17.4 Å². The first-order valence-electron chi connectivity index (χ1n) is 9.72. The number of amides is 1. The van der Waals surface area contributed by atoms with E-state index in [0.717, 1.165) is 36.9 Å². The molecule has 0 saturated heterocycles. The average molecular weight is 387 g/mol. The summed E-state index contributed by atoms with van der Waals surface area (Å²) in [6.45, 7) is 6.06. The number of benzene rings is 1. The third-order valence-corrected chi connectivity index (χ3v) is 4.78. The Morgan fingerprint density at radius 2 is 1.86 bits per heavy atom. The third kappa shape index (κ3) is 4.40. The monoisotopic (exact) mass is 387 g/mol. The number of rotatable bonds is 6. The molecular formula is C21H26FN3O3. The Hall–Kier alpha value is -2.70. The van der Waals surface area contributed by atoms with Crippen molar-refractivity contribution in [3.8, 4) is 5.69 Å². The minimum absolute atomic E-state index is 0.238. The molecule has 1 N–H and O–H groups in total. The quantitative estimate of drug-likeness (QED) is 0.773. The second-order valence-corrected chi connectivity index (χ2v) is 7.56. The topological polar surface area (TPSA) is 73.2 Å². The van der Waals surface area contributed by atoms with Crippen LogP contribution in [0.25, 0.3) is 5.69 Å². The van der Waals surface area contributed by atoms with Crippen molar-refractivity contribution in [1.82, 2.24) is 15.1 Å². The first-order chi connectivity index (χ1) is 13.4. The molecule has 28 heavy (non-hydrogen) atoms. The van der Waals surface area contributed by atoms with E-state index in [9.17, 15) is 14.0 Å². The lowest BCUT2D eigenvalue weighted by molar-refractivity contribution is -0.129. The molecule has 0 radical (unpaired) electrons. The summed E-state index contributed by atoms with van der Waals surface area (Å²) < 4.78 is 20.3. The van der Waals surface area contributed by atoms with Gasteiger partial charge < -0.3 is 10.1 Å². The zero-order valence-electron chi connectivity index (χ0n) is 16.5. The number of nitrogens with one attached hydrogen (secondary N) is 1. The van der Waals surface area contributed by atoms with Crippen LogP contribution in [0.3, 0.4) is 0 Å². The average Bonchev–Trinajstić information content (AvgIpc) is 3.06. The molecule has 3 rings (SSSR count). The van der Waals surface area contributed by atoms with Gasteiger partial charge >= 0.3 is 5.97 Å². The van der Waals surface area contributed by atoms with Gasteiger partial charge in [0.1, 0.15) is 5.82 Å². The van der Waals surface area contributed by atoms with Crippen molar-refractivity contribution in [3.05, 3.63) is 47.0 Å². The molecule has 0 saturated carbocycles. The largest absolute Gasteiger partial charge is 0.448 e. The van der Waals surface area contributed by atoms with Crippen LogP contribution >= 0.6 is 0 Å². The summed E-state index contributed by atoms with van der Waals surface area (Å²) in [5, 5.41) is 7.23. The smallest absolute Gasteiger partial charge is 0.359 e. The molecule has 1 aliphatic carbocycles. The van der Waals surface area contributed by atoms with Crippen molar-refractivity contribution < 1.29 is 18.7 Å². The summed E-state index contributed by atoms with van der Waals surface area (Å²) in [6, 6.07) is 6.00. The SMILES string of the molecule is CC(C)CNC(=O)C(C)OC(=O)c1nn(-c2ccc(F)cc2)c2c1CCCC2. The summed E-state index contributed by atoms with van der Waals surface area (Å²) in [7, 11) is 0. The summed E-state index contributed by atoms with van der Waals surface area (Å²) >= 11 is 0. The molecule has 1 aromatic heterocycles. The summed E-state index contributed by atoms with van der Waals surface area (Å²) in [4.78, 5) is 24.8. The van der Waals surface area contributed by atoms with Crippen molar-refractivity contribution in [2.45, 2.75) is 52.6 Å². The number of aromatic nitrogens is 2. The number of carbonyl (C=O) groups excluding carboxylic acids is 2. The van der Waals surface area contributed by atoms with E-state index < -0.39 is 12.1 Å². The van der Waals surface area contributed by atoms with Gasteiger partial charge in [0.25, 0.3) is 5.91 Å². The molecule has 1 aliphatic rings. The maximum absolute atomic E-state index is 13.3. The highest BCUT2D eigenvalue weighted by Crippen LogP contribution is 2.27. The standard InChI is InChI=1S/C21H26FN3O3/c1-13(2)12-23-20(26)14(3)28-21(27)19-17-6-4-5-7-18(17)25(24-19)16-10-8-15(22)9-11-16/h8-11,13-14H,4-7,12H2,1-3H3,(H,23,26). The number of hydrogen-bond donors (Lipinski definition) is 1. The first kappa shape index (κ1) is 20.0. The summed E-state index contributed by atoms with van der Waals surface area (Å²) in [6.07, 6.45) is 2.59. The lowest BCUT2D eigenvalue weighted by atomic mass is 9.95. The molecule has 1 heterocycles. The molecule has 0 spiro atoms. The Morgan fingerprint density at radius 3 is 2.54 bits per heavy atom. The van der Waals surface area contributed by atoms with E-state index in [1.165, 1.54) is 12.1 Å². The van der Waals surface area contributed by atoms with Crippen molar-refractivity contribution in [2.24, 2.45) is 5.92 Å². The van der Waals surface area contributed by atoms with Crippen molar-refractivity contribution >= 4 is 11.9 Å². The Balaban J connectivity index is 1.82. The molecule has 2 aromatic rings. The summed E-state index contributed by atoms with van der Waals surface area (Å²) in [5.74, 6) is -0.948. The molecule has 1 amide bonds. The zero-order valence-corrected chi connectivity index (χ0v) is 16.5. The molecule has 1 atom stereocenters. The summed E-state index contributed by atoms with van der Waals surface area (Å²) in [5.41, 5.74) is 2.74. The minimum atomic E-state index is -0.901. The number of hydrogen-bond acceptors (Lipinski definition) is 4. The number of nitrogens with zero attached hydrogens (tertiary/aromatic N) is 2. The van der Waals surface area contributed by atoms with E-state index in [2.05, 4.69) is 10.4 Å². The molecule has 0 fully saturated rings. The maximum atomic E-state index is 13.3. The van der Waals surface area contributed by atoms with E-state index in [0.29, 0.717) is 18.2 Å². The van der Waals surface area contributed by atoms with Gasteiger partial charge in [-0.15, -0.1) is 0 Å². The van der Waals surface area contributed by atoms with Crippen LogP contribution in [0, 0.1) is 11.7 Å². The van der Waals surface area contributed by atoms with Gasteiger partial charge in [0, 0.05) is 17.8 Å². The van der Waals surface area contributed by atoms with Crippen molar-refractivity contribution in [2.75, 3.05) is 6.54 Å². The molecule has 0 aliphatic heterocycles. The van der Waals surface area contributed by atoms with Crippen molar-refractivity contribution in [3.63, 3.8) is 0 Å². The van der Waals surface area contributed by atoms with Crippen LogP contribution in [0.1, 0.15) is 55.4 Å².